The zero-order chi connectivity index (χ0) is 17.9. The van der Waals surface area contributed by atoms with Crippen LogP contribution in [0.5, 0.6) is 0 Å². The topological polar surface area (TPSA) is 33.5 Å². The summed E-state index contributed by atoms with van der Waals surface area (Å²) < 4.78 is 52.6. The van der Waals surface area contributed by atoms with E-state index in [0.717, 1.165) is 22.6 Å². The standard InChI is InChI=1S/C17H16F4N2O/c1-10(23(2)9-11-3-5-12(18)6-4-11)17(24)22-14-8-7-13(19)15(20)16(14)21/h3-8,10H,9H2,1-2H3,(H,22,24)/p+1/t10-/m1/s1. The maximum Gasteiger partial charge on any atom is 0.282 e. The van der Waals surface area contributed by atoms with Crippen molar-refractivity contribution in [1.29, 1.82) is 0 Å². The molecule has 1 unspecified atom stereocenters. The third-order valence-electron chi connectivity index (χ3n) is 3.82. The molecule has 0 aromatic heterocycles. The maximum absolute atomic E-state index is 13.6. The lowest BCUT2D eigenvalue weighted by Gasteiger charge is -2.21. The summed E-state index contributed by atoms with van der Waals surface area (Å²) in [5.74, 6) is -5.28. The Morgan fingerprint density at radius 2 is 1.67 bits per heavy atom. The minimum Gasteiger partial charge on any atom is -0.324 e. The third-order valence-corrected chi connectivity index (χ3v) is 3.82. The number of hydrogen-bond acceptors (Lipinski definition) is 1. The summed E-state index contributed by atoms with van der Waals surface area (Å²) in [7, 11) is 1.75. The molecule has 0 bridgehead atoms. The van der Waals surface area contributed by atoms with E-state index >= 15 is 0 Å². The molecule has 0 saturated heterocycles. The molecule has 0 aliphatic carbocycles. The number of nitrogens with one attached hydrogen (secondary N) is 2. The Bertz CT molecular complexity index is 734. The number of carbonyl (C=O) groups is 1. The first-order valence-electron chi connectivity index (χ1n) is 7.30. The van der Waals surface area contributed by atoms with Gasteiger partial charge in [0.05, 0.1) is 12.7 Å². The molecule has 0 aliphatic heterocycles. The van der Waals surface area contributed by atoms with Crippen molar-refractivity contribution in [2.24, 2.45) is 0 Å². The van der Waals surface area contributed by atoms with Crippen LogP contribution in [0.15, 0.2) is 36.4 Å². The molecule has 1 amide bonds. The van der Waals surface area contributed by atoms with Crippen LogP contribution in [0.2, 0.25) is 0 Å². The van der Waals surface area contributed by atoms with Crippen molar-refractivity contribution in [3.8, 4) is 0 Å². The van der Waals surface area contributed by atoms with Gasteiger partial charge in [-0.15, -0.1) is 0 Å². The zero-order valence-electron chi connectivity index (χ0n) is 13.2. The van der Waals surface area contributed by atoms with Gasteiger partial charge in [0, 0.05) is 5.56 Å². The summed E-state index contributed by atoms with van der Waals surface area (Å²) in [6.45, 7) is 2.06. The highest BCUT2D eigenvalue weighted by Crippen LogP contribution is 2.19. The lowest BCUT2D eigenvalue weighted by atomic mass is 10.2. The predicted octanol–water partition coefficient (Wildman–Crippen LogP) is 2.28. The second-order valence-corrected chi connectivity index (χ2v) is 5.58. The number of quaternary nitrogens is 1. The van der Waals surface area contributed by atoms with E-state index in [2.05, 4.69) is 5.32 Å². The number of rotatable bonds is 5. The minimum atomic E-state index is -1.63. The van der Waals surface area contributed by atoms with Crippen molar-refractivity contribution in [2.75, 3.05) is 12.4 Å². The van der Waals surface area contributed by atoms with E-state index in [4.69, 9.17) is 0 Å². The monoisotopic (exact) mass is 341 g/mol. The van der Waals surface area contributed by atoms with Crippen molar-refractivity contribution in [1.82, 2.24) is 0 Å². The number of halogens is 4. The Kier molecular flexibility index (Phi) is 5.56. The molecule has 2 rings (SSSR count). The first-order chi connectivity index (χ1) is 11.3. The van der Waals surface area contributed by atoms with Crippen LogP contribution in [0.25, 0.3) is 0 Å². The van der Waals surface area contributed by atoms with Crippen molar-refractivity contribution in [2.45, 2.75) is 19.5 Å². The van der Waals surface area contributed by atoms with Crippen LogP contribution in [0.1, 0.15) is 12.5 Å². The lowest BCUT2D eigenvalue weighted by molar-refractivity contribution is -0.907. The largest absolute Gasteiger partial charge is 0.324 e. The highest BCUT2D eigenvalue weighted by atomic mass is 19.2. The van der Waals surface area contributed by atoms with Gasteiger partial charge in [0.25, 0.3) is 5.91 Å². The van der Waals surface area contributed by atoms with Crippen LogP contribution in [-0.4, -0.2) is 19.0 Å². The number of benzene rings is 2. The highest BCUT2D eigenvalue weighted by Gasteiger charge is 2.24. The summed E-state index contributed by atoms with van der Waals surface area (Å²) in [5, 5.41) is 2.25. The van der Waals surface area contributed by atoms with Crippen LogP contribution >= 0.6 is 0 Å². The zero-order valence-corrected chi connectivity index (χ0v) is 13.2. The molecule has 3 nitrogen and oxygen atoms in total. The molecule has 2 atom stereocenters. The molecule has 0 aliphatic rings. The fourth-order valence-electron chi connectivity index (χ4n) is 2.16. The van der Waals surface area contributed by atoms with Crippen molar-refractivity contribution >= 4 is 11.6 Å². The van der Waals surface area contributed by atoms with Gasteiger partial charge < -0.3 is 10.2 Å². The molecular formula is C17H17F4N2O+. The maximum atomic E-state index is 13.6. The van der Waals surface area contributed by atoms with Gasteiger partial charge in [0.15, 0.2) is 23.5 Å². The highest BCUT2D eigenvalue weighted by molar-refractivity contribution is 5.93. The van der Waals surface area contributed by atoms with Gasteiger partial charge >= 0.3 is 0 Å². The van der Waals surface area contributed by atoms with E-state index in [1.807, 2.05) is 0 Å². The summed E-state index contributed by atoms with van der Waals surface area (Å²) in [6.07, 6.45) is 0. The van der Waals surface area contributed by atoms with E-state index in [0.29, 0.717) is 6.54 Å². The SMILES string of the molecule is C[C@H](C(=O)Nc1ccc(F)c(F)c1F)[NH+](C)Cc1ccc(F)cc1. The fraction of sp³-hybridized carbons (Fsp3) is 0.235. The number of anilines is 1. The molecule has 2 aromatic carbocycles. The number of likely N-dealkylation sites (N-methyl/N-ethyl adjacent to an activating group) is 1. The Morgan fingerprint density at radius 1 is 1.04 bits per heavy atom. The summed E-state index contributed by atoms with van der Waals surface area (Å²) in [6, 6.07) is 6.98. The molecule has 0 radical (unpaired) electrons. The Morgan fingerprint density at radius 3 is 2.29 bits per heavy atom. The smallest absolute Gasteiger partial charge is 0.282 e. The molecule has 24 heavy (non-hydrogen) atoms. The number of hydrogen-bond donors (Lipinski definition) is 2. The van der Waals surface area contributed by atoms with E-state index in [-0.39, 0.29) is 5.82 Å². The Balaban J connectivity index is 2.03. The molecule has 0 spiro atoms. The second kappa shape index (κ2) is 7.44. The number of carbonyl (C=O) groups excluding carboxylic acids is 1. The first kappa shape index (κ1) is 17.9. The third kappa shape index (κ3) is 4.11. The van der Waals surface area contributed by atoms with E-state index in [1.54, 1.807) is 26.1 Å². The van der Waals surface area contributed by atoms with Gasteiger partial charge in [-0.1, -0.05) is 12.1 Å². The molecule has 128 valence electrons. The van der Waals surface area contributed by atoms with E-state index in [1.165, 1.54) is 12.1 Å². The fourth-order valence-corrected chi connectivity index (χ4v) is 2.16. The lowest BCUT2D eigenvalue weighted by Crippen LogP contribution is -3.12. The van der Waals surface area contributed by atoms with E-state index < -0.39 is 35.1 Å². The van der Waals surface area contributed by atoms with Crippen LogP contribution < -0.4 is 10.2 Å². The summed E-state index contributed by atoms with van der Waals surface area (Å²) in [4.78, 5) is 12.9. The van der Waals surface area contributed by atoms with E-state index in [9.17, 15) is 22.4 Å². The van der Waals surface area contributed by atoms with Crippen LogP contribution in [0.3, 0.4) is 0 Å². The summed E-state index contributed by atoms with van der Waals surface area (Å²) in [5.41, 5.74) is 0.410. The minimum absolute atomic E-state index is 0.351. The van der Waals surface area contributed by atoms with Gasteiger partial charge in [-0.25, -0.2) is 17.6 Å². The van der Waals surface area contributed by atoms with Gasteiger partial charge in [-0.05, 0) is 31.2 Å². The molecular weight excluding hydrogens is 324 g/mol. The van der Waals surface area contributed by atoms with Crippen LogP contribution in [0.4, 0.5) is 23.2 Å². The normalized spacial score (nSPS) is 13.4. The molecule has 0 saturated carbocycles. The van der Waals surface area contributed by atoms with Crippen LogP contribution in [0, 0.1) is 23.3 Å². The van der Waals surface area contributed by atoms with Crippen LogP contribution in [-0.2, 0) is 11.3 Å². The molecule has 2 N–H and O–H groups in total. The molecule has 0 fully saturated rings. The molecule has 7 heteroatoms. The molecule has 0 heterocycles. The first-order valence-corrected chi connectivity index (χ1v) is 7.30. The molecule has 2 aromatic rings. The average molecular weight is 341 g/mol. The average Bonchev–Trinajstić information content (AvgIpc) is 2.56. The quantitative estimate of drug-likeness (QED) is 0.635. The summed E-state index contributed by atoms with van der Waals surface area (Å²) >= 11 is 0. The van der Waals surface area contributed by atoms with Crippen molar-refractivity contribution < 1.29 is 27.3 Å². The Labute approximate surface area is 136 Å². The van der Waals surface area contributed by atoms with Gasteiger partial charge in [-0.2, -0.15) is 0 Å². The van der Waals surface area contributed by atoms with Gasteiger partial charge in [0.1, 0.15) is 12.4 Å². The second-order valence-electron chi connectivity index (χ2n) is 5.58. The number of amides is 1. The van der Waals surface area contributed by atoms with Crippen molar-refractivity contribution in [3.63, 3.8) is 0 Å². The van der Waals surface area contributed by atoms with Crippen molar-refractivity contribution in [3.05, 3.63) is 65.2 Å². The Hall–Kier alpha value is -2.41. The predicted molar refractivity (Wildman–Crippen MR) is 81.4 cm³/mol. The van der Waals surface area contributed by atoms with Gasteiger partial charge in [0.2, 0.25) is 0 Å². The van der Waals surface area contributed by atoms with Gasteiger partial charge in [-0.3, -0.25) is 4.79 Å².